The Balaban J connectivity index is 2.31. The molecule has 0 aliphatic rings. The molecule has 3 N–H and O–H groups in total. The van der Waals surface area contributed by atoms with E-state index in [1.54, 1.807) is 18.2 Å². The first-order valence-corrected chi connectivity index (χ1v) is 5.67. The van der Waals surface area contributed by atoms with Crippen molar-refractivity contribution in [3.63, 3.8) is 0 Å². The Morgan fingerprint density at radius 2 is 1.90 bits per heavy atom. The van der Waals surface area contributed by atoms with Gasteiger partial charge in [0, 0.05) is 17.7 Å². The summed E-state index contributed by atoms with van der Waals surface area (Å²) in [7, 11) is 0. The topological polar surface area (TPSA) is 108 Å². The Hall–Kier alpha value is -2.64. The molecule has 7 heteroatoms. The first kappa shape index (κ1) is 13.8. The Morgan fingerprint density at radius 1 is 1.20 bits per heavy atom. The van der Waals surface area contributed by atoms with Crippen LogP contribution in [0.1, 0.15) is 5.56 Å². The monoisotopic (exact) mass is 276 g/mol. The van der Waals surface area contributed by atoms with E-state index in [9.17, 15) is 15.2 Å². The van der Waals surface area contributed by atoms with Crippen molar-refractivity contribution < 1.29 is 19.6 Å². The Labute approximate surface area is 114 Å². The van der Waals surface area contributed by atoms with Crippen LogP contribution in [0.4, 0.5) is 5.69 Å². The smallest absolute Gasteiger partial charge is 0.269 e. The summed E-state index contributed by atoms with van der Waals surface area (Å²) < 4.78 is 5.57. The fourth-order valence-corrected chi connectivity index (χ4v) is 1.65. The molecule has 0 saturated carbocycles. The van der Waals surface area contributed by atoms with Gasteiger partial charge in [-0.05, 0) is 18.2 Å². The molecule has 2 aromatic carbocycles. The van der Waals surface area contributed by atoms with Crippen molar-refractivity contribution >= 4 is 5.69 Å². The zero-order valence-electron chi connectivity index (χ0n) is 10.4. The molecule has 0 unspecified atom stereocenters. The second-order valence-electron chi connectivity index (χ2n) is 3.87. The van der Waals surface area contributed by atoms with Crippen molar-refractivity contribution in [2.75, 3.05) is 0 Å². The van der Waals surface area contributed by atoms with Crippen LogP contribution in [0.15, 0.2) is 42.5 Å². The molecular weight excluding hydrogens is 264 g/mol. The Kier molecular flexibility index (Phi) is 4.14. The van der Waals surface area contributed by atoms with Crippen LogP contribution >= 0.6 is 0 Å². The number of aliphatic hydroxyl groups excluding tert-OH is 1. The van der Waals surface area contributed by atoms with Gasteiger partial charge in [-0.2, -0.15) is 5.90 Å². The highest BCUT2D eigenvalue weighted by Crippen LogP contribution is 2.35. The zero-order chi connectivity index (χ0) is 14.5. The normalized spacial score (nSPS) is 10.1. The van der Waals surface area contributed by atoms with E-state index in [1.807, 2.05) is 0 Å². The number of hydrogen-bond acceptors (Lipinski definition) is 6. The zero-order valence-corrected chi connectivity index (χ0v) is 10.4. The van der Waals surface area contributed by atoms with Crippen molar-refractivity contribution in [2.45, 2.75) is 6.61 Å². The number of nitro groups is 1. The van der Waals surface area contributed by atoms with E-state index in [0.717, 1.165) is 0 Å². The van der Waals surface area contributed by atoms with Gasteiger partial charge in [0.05, 0.1) is 11.5 Å². The van der Waals surface area contributed by atoms with Gasteiger partial charge in [0.1, 0.15) is 5.75 Å². The molecule has 0 radical (unpaired) electrons. The van der Waals surface area contributed by atoms with E-state index in [4.69, 9.17) is 10.6 Å². The minimum atomic E-state index is -0.500. The van der Waals surface area contributed by atoms with E-state index >= 15 is 0 Å². The molecule has 0 aliphatic carbocycles. The van der Waals surface area contributed by atoms with Gasteiger partial charge in [0.15, 0.2) is 11.5 Å². The van der Waals surface area contributed by atoms with E-state index < -0.39 is 4.92 Å². The molecule has 0 bridgehead atoms. The highest BCUT2D eigenvalue weighted by atomic mass is 16.6. The van der Waals surface area contributed by atoms with Crippen LogP contribution in [0.25, 0.3) is 0 Å². The van der Waals surface area contributed by atoms with Crippen molar-refractivity contribution in [1.82, 2.24) is 0 Å². The molecule has 0 fully saturated rings. The van der Waals surface area contributed by atoms with Gasteiger partial charge in [0.2, 0.25) is 0 Å². The molecule has 2 rings (SSSR count). The van der Waals surface area contributed by atoms with Crippen LogP contribution < -0.4 is 15.5 Å². The van der Waals surface area contributed by atoms with Gasteiger partial charge in [-0.25, -0.2) is 0 Å². The molecular formula is C13H12N2O5. The lowest BCUT2D eigenvalue weighted by molar-refractivity contribution is -0.384. The number of nitrogens with zero attached hydrogens (tertiary/aromatic N) is 1. The fraction of sp³-hybridized carbons (Fsp3) is 0.0769. The first-order chi connectivity index (χ1) is 9.65. The number of para-hydroxylation sites is 1. The predicted octanol–water partition coefficient (Wildman–Crippen LogP) is 2.13. The summed E-state index contributed by atoms with van der Waals surface area (Å²) in [4.78, 5) is 14.7. The number of aliphatic hydroxyl groups is 1. The number of hydrogen-bond donors (Lipinski definition) is 2. The fourth-order valence-electron chi connectivity index (χ4n) is 1.65. The van der Waals surface area contributed by atoms with Gasteiger partial charge < -0.3 is 14.7 Å². The molecule has 104 valence electrons. The van der Waals surface area contributed by atoms with Crippen LogP contribution in [0.5, 0.6) is 17.2 Å². The highest BCUT2D eigenvalue weighted by Gasteiger charge is 2.12. The molecule has 0 aliphatic heterocycles. The van der Waals surface area contributed by atoms with E-state index in [1.165, 1.54) is 24.3 Å². The summed E-state index contributed by atoms with van der Waals surface area (Å²) in [5.74, 6) is 6.04. The summed E-state index contributed by atoms with van der Waals surface area (Å²) in [6.07, 6.45) is 0. The summed E-state index contributed by atoms with van der Waals surface area (Å²) >= 11 is 0. The van der Waals surface area contributed by atoms with Crippen molar-refractivity contribution in [3.8, 4) is 17.2 Å². The standard InChI is InChI=1S/C13H12N2O5/c14-20-12-3-1-2-9(8-16)13(12)19-11-6-4-10(5-7-11)15(17)18/h1-7,16H,8,14H2. The summed E-state index contributed by atoms with van der Waals surface area (Å²) in [5, 5.41) is 19.8. The summed E-state index contributed by atoms with van der Waals surface area (Å²) in [6, 6.07) is 10.4. The summed E-state index contributed by atoms with van der Waals surface area (Å²) in [5.41, 5.74) is 0.453. The average Bonchev–Trinajstić information content (AvgIpc) is 2.48. The Morgan fingerprint density at radius 3 is 2.45 bits per heavy atom. The maximum atomic E-state index is 10.6. The first-order valence-electron chi connectivity index (χ1n) is 5.67. The maximum absolute atomic E-state index is 10.6. The van der Waals surface area contributed by atoms with E-state index in [-0.39, 0.29) is 23.8 Å². The highest BCUT2D eigenvalue weighted by molar-refractivity contribution is 5.49. The molecule has 2 aromatic rings. The third kappa shape index (κ3) is 2.85. The molecule has 0 aromatic heterocycles. The largest absolute Gasteiger partial charge is 0.453 e. The van der Waals surface area contributed by atoms with Crippen LogP contribution in [0.2, 0.25) is 0 Å². The predicted molar refractivity (Wildman–Crippen MR) is 70.4 cm³/mol. The second-order valence-corrected chi connectivity index (χ2v) is 3.87. The minimum absolute atomic E-state index is 0.0388. The number of nitrogens with two attached hydrogens (primary N) is 1. The molecule has 0 spiro atoms. The third-order valence-electron chi connectivity index (χ3n) is 2.63. The SMILES string of the molecule is NOc1cccc(CO)c1Oc1ccc([N+](=O)[O-])cc1. The number of nitro benzene ring substituents is 1. The van der Waals surface area contributed by atoms with Gasteiger partial charge in [-0.15, -0.1) is 0 Å². The van der Waals surface area contributed by atoms with E-state index in [2.05, 4.69) is 4.84 Å². The third-order valence-corrected chi connectivity index (χ3v) is 2.63. The lowest BCUT2D eigenvalue weighted by Crippen LogP contribution is -2.04. The van der Waals surface area contributed by atoms with E-state index in [0.29, 0.717) is 11.3 Å². The molecule has 0 saturated heterocycles. The Bertz CT molecular complexity index is 590. The number of non-ortho nitro benzene ring substituents is 1. The average molecular weight is 276 g/mol. The molecule has 0 heterocycles. The number of rotatable bonds is 5. The maximum Gasteiger partial charge on any atom is 0.269 e. The van der Waals surface area contributed by atoms with Gasteiger partial charge >= 0.3 is 0 Å². The lowest BCUT2D eigenvalue weighted by atomic mass is 10.2. The number of benzene rings is 2. The quantitative estimate of drug-likeness (QED) is 0.639. The van der Waals surface area contributed by atoms with Gasteiger partial charge in [0.25, 0.3) is 5.69 Å². The van der Waals surface area contributed by atoms with Gasteiger partial charge in [-0.1, -0.05) is 12.1 Å². The summed E-state index contributed by atoms with van der Waals surface area (Å²) in [6.45, 7) is -0.250. The second kappa shape index (κ2) is 6.00. The number of ether oxygens (including phenoxy) is 1. The molecule has 0 atom stereocenters. The van der Waals surface area contributed by atoms with Crippen LogP contribution in [0.3, 0.4) is 0 Å². The van der Waals surface area contributed by atoms with Crippen LogP contribution in [0, 0.1) is 10.1 Å². The molecule has 7 nitrogen and oxygen atoms in total. The van der Waals surface area contributed by atoms with Crippen LogP contribution in [-0.2, 0) is 6.61 Å². The lowest BCUT2D eigenvalue weighted by Gasteiger charge is -2.12. The van der Waals surface area contributed by atoms with Crippen molar-refractivity contribution in [3.05, 3.63) is 58.1 Å². The molecule has 0 amide bonds. The van der Waals surface area contributed by atoms with Crippen LogP contribution in [-0.4, -0.2) is 10.0 Å². The van der Waals surface area contributed by atoms with Gasteiger partial charge in [-0.3, -0.25) is 10.1 Å². The minimum Gasteiger partial charge on any atom is -0.453 e. The molecule has 20 heavy (non-hydrogen) atoms. The van der Waals surface area contributed by atoms with Crippen molar-refractivity contribution in [1.29, 1.82) is 0 Å². The van der Waals surface area contributed by atoms with Crippen molar-refractivity contribution in [2.24, 2.45) is 5.90 Å².